The van der Waals surface area contributed by atoms with Gasteiger partial charge in [0.1, 0.15) is 11.5 Å². The molecule has 1 N–H and O–H groups in total. The molecule has 4 aromatic rings. The molecule has 4 rings (SSSR count). The highest BCUT2D eigenvalue weighted by atomic mass is 35.5. The predicted octanol–water partition coefficient (Wildman–Crippen LogP) is 3.39. The first-order chi connectivity index (χ1) is 14.5. The molecule has 0 atom stereocenters. The summed E-state index contributed by atoms with van der Waals surface area (Å²) in [6, 6.07) is 13.2. The summed E-state index contributed by atoms with van der Waals surface area (Å²) in [5.41, 5.74) is 2.04. The number of nitrogens with zero attached hydrogens (tertiary/aromatic N) is 3. The molecular formula is C21H16ClFN4O2S. The van der Waals surface area contributed by atoms with Crippen LogP contribution in [0.25, 0.3) is 4.96 Å². The lowest BCUT2D eigenvalue weighted by molar-refractivity contribution is -0.120. The van der Waals surface area contributed by atoms with Gasteiger partial charge in [-0.3, -0.25) is 9.59 Å². The van der Waals surface area contributed by atoms with Crippen molar-refractivity contribution < 1.29 is 9.18 Å². The first-order valence-corrected chi connectivity index (χ1v) is 10.4. The summed E-state index contributed by atoms with van der Waals surface area (Å²) in [6.07, 6.45) is 0.324. The van der Waals surface area contributed by atoms with Gasteiger partial charge >= 0.3 is 0 Å². The Labute approximate surface area is 180 Å². The number of hydrogen-bond acceptors (Lipinski definition) is 5. The van der Waals surface area contributed by atoms with Crippen molar-refractivity contribution in [2.75, 3.05) is 0 Å². The Kier molecular flexibility index (Phi) is 5.87. The lowest BCUT2D eigenvalue weighted by Crippen LogP contribution is -2.26. The van der Waals surface area contributed by atoms with Crippen LogP contribution in [-0.4, -0.2) is 20.5 Å². The summed E-state index contributed by atoms with van der Waals surface area (Å²) < 4.78 is 14.5. The van der Waals surface area contributed by atoms with Gasteiger partial charge in [0.15, 0.2) is 0 Å². The number of carbonyl (C=O) groups excluding carboxylic acids is 1. The molecule has 6 nitrogen and oxygen atoms in total. The zero-order valence-electron chi connectivity index (χ0n) is 15.6. The standard InChI is InChI=1S/C21H16ClFN4O2S/c22-17-4-2-1-3-14(17)9-18-20(29)25-21-27(26-18)16(12-30-21)10-19(28)24-11-13-5-7-15(23)8-6-13/h1-8,12H,9-11H2,(H,24,28). The van der Waals surface area contributed by atoms with Crippen LogP contribution in [0.3, 0.4) is 0 Å². The fourth-order valence-electron chi connectivity index (χ4n) is 2.92. The molecule has 0 saturated carbocycles. The maximum atomic E-state index is 13.0. The van der Waals surface area contributed by atoms with Crippen LogP contribution < -0.4 is 10.9 Å². The summed E-state index contributed by atoms with van der Waals surface area (Å²) in [5.74, 6) is -0.540. The van der Waals surface area contributed by atoms with Gasteiger partial charge in [-0.05, 0) is 29.3 Å². The van der Waals surface area contributed by atoms with E-state index in [2.05, 4.69) is 15.4 Å². The third-order valence-electron chi connectivity index (χ3n) is 4.48. The SMILES string of the molecule is O=C(Cc1csc2nc(=O)c(Cc3ccccc3Cl)nn12)NCc1ccc(F)cc1. The number of halogens is 2. The van der Waals surface area contributed by atoms with E-state index in [0.29, 0.717) is 22.2 Å². The molecule has 0 unspecified atom stereocenters. The topological polar surface area (TPSA) is 76.4 Å². The van der Waals surface area contributed by atoms with Gasteiger partial charge in [0, 0.05) is 23.4 Å². The van der Waals surface area contributed by atoms with Crippen molar-refractivity contribution in [2.24, 2.45) is 0 Å². The molecule has 0 radical (unpaired) electrons. The lowest BCUT2D eigenvalue weighted by Gasteiger charge is -2.06. The number of hydrogen-bond donors (Lipinski definition) is 1. The van der Waals surface area contributed by atoms with Gasteiger partial charge in [0.25, 0.3) is 5.56 Å². The molecule has 9 heteroatoms. The van der Waals surface area contributed by atoms with Crippen LogP contribution in [0.15, 0.2) is 58.7 Å². The normalized spacial score (nSPS) is 11.0. The maximum absolute atomic E-state index is 13.0. The van der Waals surface area contributed by atoms with Crippen LogP contribution >= 0.6 is 22.9 Å². The van der Waals surface area contributed by atoms with Crippen molar-refractivity contribution in [3.05, 3.63) is 97.6 Å². The molecule has 0 bridgehead atoms. The van der Waals surface area contributed by atoms with E-state index in [4.69, 9.17) is 11.6 Å². The molecule has 2 aromatic carbocycles. The first-order valence-electron chi connectivity index (χ1n) is 9.10. The van der Waals surface area contributed by atoms with Gasteiger partial charge in [0.2, 0.25) is 10.9 Å². The average molecular weight is 443 g/mol. The molecule has 0 fully saturated rings. The van der Waals surface area contributed by atoms with Crippen molar-refractivity contribution in [3.63, 3.8) is 0 Å². The van der Waals surface area contributed by atoms with Gasteiger partial charge in [-0.25, -0.2) is 8.91 Å². The first kappa shape index (κ1) is 20.2. The zero-order valence-corrected chi connectivity index (χ0v) is 17.2. The molecule has 2 heterocycles. The van der Waals surface area contributed by atoms with Gasteiger partial charge < -0.3 is 5.32 Å². The van der Waals surface area contributed by atoms with E-state index in [-0.39, 0.29) is 30.3 Å². The molecule has 0 aliphatic rings. The highest BCUT2D eigenvalue weighted by Gasteiger charge is 2.14. The summed E-state index contributed by atoms with van der Waals surface area (Å²) in [5, 5.41) is 9.53. The fraction of sp³-hybridized carbons (Fsp3) is 0.143. The highest BCUT2D eigenvalue weighted by molar-refractivity contribution is 7.15. The number of rotatable bonds is 6. The van der Waals surface area contributed by atoms with E-state index < -0.39 is 5.56 Å². The van der Waals surface area contributed by atoms with E-state index in [9.17, 15) is 14.0 Å². The molecule has 2 aromatic heterocycles. The van der Waals surface area contributed by atoms with E-state index in [0.717, 1.165) is 11.1 Å². The Morgan fingerprint density at radius 2 is 1.93 bits per heavy atom. The number of aromatic nitrogens is 3. The zero-order chi connectivity index (χ0) is 21.1. The summed E-state index contributed by atoms with van der Waals surface area (Å²) in [6.45, 7) is 0.292. The predicted molar refractivity (Wildman–Crippen MR) is 113 cm³/mol. The minimum absolute atomic E-state index is 0.0737. The number of thiazole rings is 1. The average Bonchev–Trinajstić information content (AvgIpc) is 3.11. The number of nitrogens with one attached hydrogen (secondary N) is 1. The Morgan fingerprint density at radius 3 is 2.70 bits per heavy atom. The lowest BCUT2D eigenvalue weighted by atomic mass is 10.1. The van der Waals surface area contributed by atoms with Gasteiger partial charge in [-0.2, -0.15) is 10.1 Å². The number of amides is 1. The van der Waals surface area contributed by atoms with Crippen molar-refractivity contribution >= 4 is 33.8 Å². The largest absolute Gasteiger partial charge is 0.352 e. The molecule has 0 saturated heterocycles. The molecule has 0 spiro atoms. The van der Waals surface area contributed by atoms with Crippen LogP contribution in [0.1, 0.15) is 22.5 Å². The van der Waals surface area contributed by atoms with Crippen molar-refractivity contribution in [1.29, 1.82) is 0 Å². The quantitative estimate of drug-likeness (QED) is 0.496. The minimum atomic E-state index is -0.413. The number of fused-ring (bicyclic) bond motifs is 1. The van der Waals surface area contributed by atoms with Crippen LogP contribution in [0, 0.1) is 5.82 Å². The molecule has 1 amide bonds. The summed E-state index contributed by atoms with van der Waals surface area (Å²) in [7, 11) is 0. The Morgan fingerprint density at radius 1 is 1.17 bits per heavy atom. The summed E-state index contributed by atoms with van der Waals surface area (Å²) in [4.78, 5) is 29.2. The number of carbonyl (C=O) groups is 1. The third-order valence-corrected chi connectivity index (χ3v) is 5.71. The van der Waals surface area contributed by atoms with Crippen LogP contribution in [0.4, 0.5) is 4.39 Å². The second-order valence-electron chi connectivity index (χ2n) is 6.63. The fourth-order valence-corrected chi connectivity index (χ4v) is 3.94. The van der Waals surface area contributed by atoms with Crippen LogP contribution in [0.2, 0.25) is 5.02 Å². The highest BCUT2D eigenvalue weighted by Crippen LogP contribution is 2.18. The van der Waals surface area contributed by atoms with Crippen LogP contribution in [0.5, 0.6) is 0 Å². The van der Waals surface area contributed by atoms with Gasteiger partial charge in [-0.15, -0.1) is 11.3 Å². The molecule has 30 heavy (non-hydrogen) atoms. The Bertz CT molecular complexity index is 1270. The minimum Gasteiger partial charge on any atom is -0.352 e. The second kappa shape index (κ2) is 8.73. The Hall–Kier alpha value is -3.10. The van der Waals surface area contributed by atoms with Crippen LogP contribution in [-0.2, 0) is 24.2 Å². The van der Waals surface area contributed by atoms with Gasteiger partial charge in [-0.1, -0.05) is 41.9 Å². The molecule has 0 aliphatic heterocycles. The van der Waals surface area contributed by atoms with E-state index >= 15 is 0 Å². The van der Waals surface area contributed by atoms with E-state index in [1.54, 1.807) is 23.6 Å². The van der Waals surface area contributed by atoms with E-state index in [1.165, 1.54) is 28.0 Å². The second-order valence-corrected chi connectivity index (χ2v) is 7.88. The third kappa shape index (κ3) is 4.55. The van der Waals surface area contributed by atoms with Crippen molar-refractivity contribution in [2.45, 2.75) is 19.4 Å². The van der Waals surface area contributed by atoms with Crippen molar-refractivity contribution in [3.8, 4) is 0 Å². The smallest absolute Gasteiger partial charge is 0.296 e. The number of benzene rings is 2. The monoisotopic (exact) mass is 442 g/mol. The molecular weight excluding hydrogens is 427 g/mol. The van der Waals surface area contributed by atoms with E-state index in [1.807, 2.05) is 18.2 Å². The molecule has 0 aliphatic carbocycles. The van der Waals surface area contributed by atoms with Gasteiger partial charge in [0.05, 0.1) is 12.1 Å². The molecule has 152 valence electrons. The Balaban J connectivity index is 1.51. The maximum Gasteiger partial charge on any atom is 0.296 e. The van der Waals surface area contributed by atoms with Crippen molar-refractivity contribution in [1.82, 2.24) is 19.9 Å². The summed E-state index contributed by atoms with van der Waals surface area (Å²) >= 11 is 7.43.